The van der Waals surface area contributed by atoms with Crippen LogP contribution in [-0.4, -0.2) is 35.2 Å². The van der Waals surface area contributed by atoms with Gasteiger partial charge in [-0.15, -0.1) is 11.3 Å². The molecule has 1 fully saturated rings. The van der Waals surface area contributed by atoms with E-state index in [0.717, 1.165) is 54.4 Å². The molecule has 1 aromatic heterocycles. The number of thiazole rings is 1. The summed E-state index contributed by atoms with van der Waals surface area (Å²) in [6.45, 7) is 3.81. The van der Waals surface area contributed by atoms with Crippen molar-refractivity contribution < 1.29 is 9.90 Å². The summed E-state index contributed by atoms with van der Waals surface area (Å²) in [6.07, 6.45) is 2.67. The Hall–Kier alpha value is -1.92. The zero-order valence-corrected chi connectivity index (χ0v) is 14.7. The molecule has 1 amide bonds. The Morgan fingerprint density at radius 2 is 2.04 bits per heavy atom. The number of hydrogen-bond donors (Lipinski definition) is 2. The van der Waals surface area contributed by atoms with Crippen LogP contribution in [0.15, 0.2) is 29.6 Å². The zero-order chi connectivity index (χ0) is 16.9. The number of carbonyl (C=O) groups is 1. The van der Waals surface area contributed by atoms with Crippen LogP contribution >= 0.6 is 11.3 Å². The van der Waals surface area contributed by atoms with E-state index < -0.39 is 0 Å². The van der Waals surface area contributed by atoms with Crippen LogP contribution in [0.5, 0.6) is 0 Å². The SMILES string of the molecule is CCc1nc(CC(=O)Nc2ccc(N3CCC(O)CC3)cc2)cs1. The van der Waals surface area contributed by atoms with Crippen molar-refractivity contribution in [2.24, 2.45) is 0 Å². The highest BCUT2D eigenvalue weighted by atomic mass is 32.1. The van der Waals surface area contributed by atoms with Crippen LogP contribution in [0, 0.1) is 0 Å². The van der Waals surface area contributed by atoms with E-state index in [4.69, 9.17) is 0 Å². The molecule has 2 N–H and O–H groups in total. The van der Waals surface area contributed by atoms with Gasteiger partial charge in [0, 0.05) is 29.8 Å². The largest absolute Gasteiger partial charge is 0.393 e. The van der Waals surface area contributed by atoms with Gasteiger partial charge in [-0.1, -0.05) is 6.92 Å². The number of benzene rings is 1. The number of piperidine rings is 1. The maximum Gasteiger partial charge on any atom is 0.230 e. The molecule has 0 spiro atoms. The van der Waals surface area contributed by atoms with Crippen molar-refractivity contribution in [2.75, 3.05) is 23.3 Å². The lowest BCUT2D eigenvalue weighted by Gasteiger charge is -2.31. The molecule has 24 heavy (non-hydrogen) atoms. The summed E-state index contributed by atoms with van der Waals surface area (Å²) in [6, 6.07) is 7.89. The lowest BCUT2D eigenvalue weighted by Crippen LogP contribution is -2.35. The lowest BCUT2D eigenvalue weighted by molar-refractivity contribution is -0.115. The molecule has 2 heterocycles. The van der Waals surface area contributed by atoms with E-state index in [1.165, 1.54) is 0 Å². The monoisotopic (exact) mass is 345 g/mol. The lowest BCUT2D eigenvalue weighted by atomic mass is 10.1. The number of aromatic nitrogens is 1. The highest BCUT2D eigenvalue weighted by molar-refractivity contribution is 7.09. The molecule has 0 bridgehead atoms. The van der Waals surface area contributed by atoms with Crippen molar-refractivity contribution in [2.45, 2.75) is 38.7 Å². The molecule has 1 saturated heterocycles. The number of carbonyl (C=O) groups excluding carboxylic acids is 1. The summed E-state index contributed by atoms with van der Waals surface area (Å²) in [5.41, 5.74) is 2.76. The topological polar surface area (TPSA) is 65.5 Å². The quantitative estimate of drug-likeness (QED) is 0.874. The Kier molecular flexibility index (Phi) is 5.48. The average Bonchev–Trinajstić information content (AvgIpc) is 3.04. The standard InChI is InChI=1S/C18H23N3O2S/c1-2-18-20-14(12-24-18)11-17(23)19-13-3-5-15(6-4-13)21-9-7-16(22)8-10-21/h3-6,12,16,22H,2,7-11H2,1H3,(H,19,23). The minimum Gasteiger partial charge on any atom is -0.393 e. The number of aliphatic hydroxyl groups is 1. The molecule has 2 aromatic rings. The Bertz CT molecular complexity index is 676. The van der Waals surface area contributed by atoms with Gasteiger partial charge in [0.05, 0.1) is 23.2 Å². The predicted octanol–water partition coefficient (Wildman–Crippen LogP) is 2.85. The van der Waals surface area contributed by atoms with Gasteiger partial charge in [-0.3, -0.25) is 4.79 Å². The molecule has 5 nitrogen and oxygen atoms in total. The number of rotatable bonds is 5. The van der Waals surface area contributed by atoms with Gasteiger partial charge in [0.15, 0.2) is 0 Å². The van der Waals surface area contributed by atoms with Gasteiger partial charge in [0.2, 0.25) is 5.91 Å². The van der Waals surface area contributed by atoms with Crippen molar-refractivity contribution >= 4 is 28.6 Å². The first kappa shape index (κ1) is 16.9. The number of amides is 1. The number of aliphatic hydroxyl groups excluding tert-OH is 1. The number of hydrogen-bond acceptors (Lipinski definition) is 5. The Morgan fingerprint density at radius 1 is 1.33 bits per heavy atom. The van der Waals surface area contributed by atoms with Crippen LogP contribution in [-0.2, 0) is 17.6 Å². The van der Waals surface area contributed by atoms with Gasteiger partial charge in [-0.05, 0) is 43.5 Å². The smallest absolute Gasteiger partial charge is 0.230 e. The molecule has 1 aliphatic heterocycles. The van der Waals surface area contributed by atoms with Crippen molar-refractivity contribution in [1.29, 1.82) is 0 Å². The minimum absolute atomic E-state index is 0.0446. The molecular formula is C18H23N3O2S. The van der Waals surface area contributed by atoms with Crippen LogP contribution < -0.4 is 10.2 Å². The molecule has 0 aliphatic carbocycles. The number of nitrogens with zero attached hydrogens (tertiary/aromatic N) is 2. The van der Waals surface area contributed by atoms with Gasteiger partial charge >= 0.3 is 0 Å². The first-order valence-electron chi connectivity index (χ1n) is 8.40. The van der Waals surface area contributed by atoms with Gasteiger partial charge in [-0.2, -0.15) is 0 Å². The number of anilines is 2. The molecule has 6 heteroatoms. The first-order valence-corrected chi connectivity index (χ1v) is 9.28. The van der Waals surface area contributed by atoms with E-state index in [9.17, 15) is 9.90 Å². The highest BCUT2D eigenvalue weighted by Gasteiger charge is 2.17. The molecule has 128 valence electrons. The fraction of sp³-hybridized carbons (Fsp3) is 0.444. The van der Waals surface area contributed by atoms with Crippen LogP contribution in [0.2, 0.25) is 0 Å². The summed E-state index contributed by atoms with van der Waals surface area (Å²) in [5, 5.41) is 15.5. The molecule has 1 aliphatic rings. The van der Waals surface area contributed by atoms with Crippen molar-refractivity contribution in [3.63, 3.8) is 0 Å². The van der Waals surface area contributed by atoms with Gasteiger partial charge in [0.25, 0.3) is 0 Å². The third-order valence-corrected chi connectivity index (χ3v) is 5.27. The molecule has 0 saturated carbocycles. The Labute approximate surface area is 146 Å². The Morgan fingerprint density at radius 3 is 2.67 bits per heavy atom. The van der Waals surface area contributed by atoms with E-state index in [1.807, 2.05) is 29.6 Å². The summed E-state index contributed by atoms with van der Waals surface area (Å²) in [7, 11) is 0. The van der Waals surface area contributed by atoms with Crippen molar-refractivity contribution in [3.8, 4) is 0 Å². The van der Waals surface area contributed by atoms with Crippen molar-refractivity contribution in [1.82, 2.24) is 4.98 Å². The molecule has 1 aromatic carbocycles. The zero-order valence-electron chi connectivity index (χ0n) is 13.9. The number of aryl methyl sites for hydroxylation is 1. The Balaban J connectivity index is 1.54. The van der Waals surface area contributed by atoms with E-state index in [2.05, 4.69) is 22.1 Å². The van der Waals surface area contributed by atoms with Crippen LogP contribution in [0.4, 0.5) is 11.4 Å². The third-order valence-electron chi connectivity index (χ3n) is 4.22. The molecule has 0 atom stereocenters. The van der Waals surface area contributed by atoms with Gasteiger partial charge in [0.1, 0.15) is 0 Å². The minimum atomic E-state index is -0.168. The van der Waals surface area contributed by atoms with Gasteiger partial charge < -0.3 is 15.3 Å². The molecule has 0 unspecified atom stereocenters. The summed E-state index contributed by atoms with van der Waals surface area (Å²) < 4.78 is 0. The third kappa shape index (κ3) is 4.33. The van der Waals surface area contributed by atoms with E-state index >= 15 is 0 Å². The van der Waals surface area contributed by atoms with Gasteiger partial charge in [-0.25, -0.2) is 4.98 Å². The second kappa shape index (κ2) is 7.77. The number of nitrogens with one attached hydrogen (secondary N) is 1. The molecular weight excluding hydrogens is 322 g/mol. The van der Waals surface area contributed by atoms with Crippen LogP contribution in [0.1, 0.15) is 30.5 Å². The maximum atomic E-state index is 12.1. The fourth-order valence-corrected chi connectivity index (χ4v) is 3.59. The van der Waals surface area contributed by atoms with E-state index in [1.54, 1.807) is 11.3 Å². The second-order valence-corrected chi connectivity index (χ2v) is 7.02. The average molecular weight is 345 g/mol. The first-order chi connectivity index (χ1) is 11.6. The maximum absolute atomic E-state index is 12.1. The normalized spacial score (nSPS) is 15.5. The molecule has 0 radical (unpaired) electrons. The van der Waals surface area contributed by atoms with Crippen LogP contribution in [0.3, 0.4) is 0 Å². The molecule has 3 rings (SSSR count). The van der Waals surface area contributed by atoms with Crippen molar-refractivity contribution in [3.05, 3.63) is 40.3 Å². The second-order valence-electron chi connectivity index (χ2n) is 6.08. The van der Waals surface area contributed by atoms with E-state index in [0.29, 0.717) is 6.42 Å². The summed E-state index contributed by atoms with van der Waals surface area (Å²) >= 11 is 1.60. The van der Waals surface area contributed by atoms with Crippen LogP contribution in [0.25, 0.3) is 0 Å². The van der Waals surface area contributed by atoms with E-state index in [-0.39, 0.29) is 12.0 Å². The summed E-state index contributed by atoms with van der Waals surface area (Å²) in [5.74, 6) is -0.0446. The summed E-state index contributed by atoms with van der Waals surface area (Å²) in [4.78, 5) is 18.8. The highest BCUT2D eigenvalue weighted by Crippen LogP contribution is 2.22. The fourth-order valence-electron chi connectivity index (χ4n) is 2.84. The predicted molar refractivity (Wildman–Crippen MR) is 97.7 cm³/mol.